The van der Waals surface area contributed by atoms with Crippen LogP contribution in [0.15, 0.2) is 84.9 Å². The van der Waals surface area contributed by atoms with Gasteiger partial charge in [-0.3, -0.25) is 4.79 Å². The summed E-state index contributed by atoms with van der Waals surface area (Å²) in [4.78, 5) is 27.6. The maximum atomic E-state index is 13.2. The van der Waals surface area contributed by atoms with Crippen molar-refractivity contribution in [2.75, 3.05) is 0 Å². The van der Waals surface area contributed by atoms with Gasteiger partial charge in [0.05, 0.1) is 22.1 Å². The number of carbonyl (C=O) groups is 2. The molecule has 2 atom stereocenters. The lowest BCUT2D eigenvalue weighted by Crippen LogP contribution is -2.65. The van der Waals surface area contributed by atoms with Gasteiger partial charge in [0.15, 0.2) is 5.54 Å². The third kappa shape index (κ3) is 2.84. The van der Waals surface area contributed by atoms with Crippen LogP contribution in [0, 0.1) is 0 Å². The van der Waals surface area contributed by atoms with Gasteiger partial charge in [-0.05, 0) is 36.1 Å². The molecule has 2 fully saturated rings. The van der Waals surface area contributed by atoms with Crippen molar-refractivity contribution in [3.05, 3.63) is 107 Å². The molecule has 3 N–H and O–H groups in total. The van der Waals surface area contributed by atoms with Crippen molar-refractivity contribution in [3.8, 4) is 0 Å². The molecule has 3 aromatic rings. The topological polar surface area (TPSA) is 83.6 Å². The molecule has 0 unspecified atom stereocenters. The Morgan fingerprint density at radius 1 is 0.970 bits per heavy atom. The molecule has 2 heterocycles. The van der Waals surface area contributed by atoms with Gasteiger partial charge in [-0.15, -0.1) is 11.8 Å². The summed E-state index contributed by atoms with van der Waals surface area (Å²) in [5.41, 5.74) is 7.58. The summed E-state index contributed by atoms with van der Waals surface area (Å²) < 4.78 is -0.764. The van der Waals surface area contributed by atoms with Gasteiger partial charge in [0, 0.05) is 0 Å². The highest BCUT2D eigenvalue weighted by Crippen LogP contribution is 2.62. The van der Waals surface area contributed by atoms with Gasteiger partial charge in [-0.2, -0.15) is 0 Å². The van der Waals surface area contributed by atoms with E-state index in [1.807, 2.05) is 98.8 Å². The van der Waals surface area contributed by atoms with Crippen molar-refractivity contribution in [1.82, 2.24) is 4.90 Å². The first-order valence-electron chi connectivity index (χ1n) is 11.0. The Morgan fingerprint density at radius 2 is 1.48 bits per heavy atom. The van der Waals surface area contributed by atoms with Gasteiger partial charge >= 0.3 is 5.97 Å². The van der Waals surface area contributed by atoms with E-state index in [4.69, 9.17) is 5.73 Å². The fourth-order valence-electron chi connectivity index (χ4n) is 5.55. The summed E-state index contributed by atoms with van der Waals surface area (Å²) in [6.45, 7) is 3.83. The zero-order valence-electron chi connectivity index (χ0n) is 18.6. The number of nitrogens with zero attached hydrogens (tertiary/aromatic N) is 1. The van der Waals surface area contributed by atoms with E-state index in [1.54, 1.807) is 16.7 Å². The Hall–Kier alpha value is -3.09. The van der Waals surface area contributed by atoms with Gasteiger partial charge in [-0.25, -0.2) is 4.79 Å². The normalized spacial score (nSPS) is 23.7. The number of nitrogens with two attached hydrogens (primary N) is 1. The zero-order chi connectivity index (χ0) is 23.4. The van der Waals surface area contributed by atoms with Crippen LogP contribution >= 0.6 is 11.8 Å². The molecular weight excluding hydrogens is 432 g/mol. The van der Waals surface area contributed by atoms with Crippen LogP contribution in [0.4, 0.5) is 0 Å². The SMILES string of the molecule is CC1(C)S[C@@H]2CC(=O)N2[C@@]1(C(=O)O)c1ccccc1C(N)(c1ccccc1)c1ccccc1. The highest BCUT2D eigenvalue weighted by atomic mass is 32.2. The van der Waals surface area contributed by atoms with Crippen LogP contribution in [0.2, 0.25) is 0 Å². The van der Waals surface area contributed by atoms with E-state index in [0.717, 1.165) is 11.1 Å². The Morgan fingerprint density at radius 3 is 2.00 bits per heavy atom. The minimum Gasteiger partial charge on any atom is -0.479 e. The molecule has 3 aromatic carbocycles. The van der Waals surface area contributed by atoms with Crippen LogP contribution in [0.1, 0.15) is 42.5 Å². The summed E-state index contributed by atoms with van der Waals surface area (Å²) in [6, 6.07) is 26.9. The summed E-state index contributed by atoms with van der Waals surface area (Å²) in [6.07, 6.45) is 0.358. The lowest BCUT2D eigenvalue weighted by Gasteiger charge is -2.48. The minimum absolute atomic E-state index is 0.141. The van der Waals surface area contributed by atoms with Crippen LogP contribution in [-0.4, -0.2) is 32.0 Å². The second kappa shape index (κ2) is 7.47. The second-order valence-electron chi connectivity index (χ2n) is 9.15. The summed E-state index contributed by atoms with van der Waals surface area (Å²) in [5.74, 6) is -1.18. The fourth-order valence-corrected chi connectivity index (χ4v) is 7.31. The van der Waals surface area contributed by atoms with Crippen molar-refractivity contribution >= 4 is 23.6 Å². The van der Waals surface area contributed by atoms with E-state index in [1.165, 1.54) is 0 Å². The monoisotopic (exact) mass is 458 g/mol. The molecule has 5 nitrogen and oxygen atoms in total. The number of hydrogen-bond acceptors (Lipinski definition) is 4. The van der Waals surface area contributed by atoms with Crippen molar-refractivity contribution in [1.29, 1.82) is 0 Å². The van der Waals surface area contributed by atoms with Gasteiger partial charge in [0.2, 0.25) is 5.91 Å². The Bertz CT molecular complexity index is 1190. The molecule has 2 saturated heterocycles. The Balaban J connectivity index is 1.85. The molecule has 2 aliphatic rings. The van der Waals surface area contributed by atoms with Crippen LogP contribution in [-0.2, 0) is 20.7 Å². The number of carboxylic acid groups (broad SMARTS) is 1. The Kier molecular flexibility index (Phi) is 4.92. The molecule has 33 heavy (non-hydrogen) atoms. The quantitative estimate of drug-likeness (QED) is 0.440. The fraction of sp³-hybridized carbons (Fsp3) is 0.259. The highest BCUT2D eigenvalue weighted by molar-refractivity contribution is 8.01. The number of amides is 1. The maximum Gasteiger partial charge on any atom is 0.335 e. The summed E-state index contributed by atoms with van der Waals surface area (Å²) in [5, 5.41) is 10.6. The van der Waals surface area contributed by atoms with E-state index in [-0.39, 0.29) is 11.3 Å². The van der Waals surface area contributed by atoms with E-state index in [9.17, 15) is 14.7 Å². The van der Waals surface area contributed by atoms with Gasteiger partial charge in [-0.1, -0.05) is 84.9 Å². The van der Waals surface area contributed by atoms with E-state index in [0.29, 0.717) is 17.5 Å². The lowest BCUT2D eigenvalue weighted by atomic mass is 9.68. The molecule has 2 aliphatic heterocycles. The largest absolute Gasteiger partial charge is 0.479 e. The average molecular weight is 459 g/mol. The van der Waals surface area contributed by atoms with Crippen molar-refractivity contribution < 1.29 is 14.7 Å². The lowest BCUT2D eigenvalue weighted by molar-refractivity contribution is -0.169. The third-order valence-electron chi connectivity index (χ3n) is 7.08. The molecule has 6 heteroatoms. The molecule has 0 saturated carbocycles. The van der Waals surface area contributed by atoms with E-state index < -0.39 is 21.8 Å². The predicted molar refractivity (Wildman–Crippen MR) is 130 cm³/mol. The van der Waals surface area contributed by atoms with Crippen molar-refractivity contribution in [2.24, 2.45) is 5.73 Å². The first-order chi connectivity index (χ1) is 15.7. The molecule has 168 valence electrons. The molecule has 0 aliphatic carbocycles. The van der Waals surface area contributed by atoms with Gasteiger partial charge < -0.3 is 15.7 Å². The first-order valence-corrected chi connectivity index (χ1v) is 11.9. The van der Waals surface area contributed by atoms with Gasteiger partial charge in [0.1, 0.15) is 0 Å². The van der Waals surface area contributed by atoms with Crippen LogP contribution in [0.25, 0.3) is 0 Å². The highest BCUT2D eigenvalue weighted by Gasteiger charge is 2.71. The number of thioether (sulfide) groups is 1. The van der Waals surface area contributed by atoms with Crippen LogP contribution < -0.4 is 5.73 Å². The molecule has 0 spiro atoms. The number of aliphatic carboxylic acids is 1. The number of carboxylic acids is 1. The predicted octanol–water partition coefficient (Wildman–Crippen LogP) is 4.30. The number of fused-ring (bicyclic) bond motifs is 1. The number of β-lactam (4-membered cyclic amide) rings is 1. The molecule has 1 amide bonds. The molecular formula is C27H26N2O3S. The number of rotatable bonds is 5. The standard InChI is InChI=1S/C27H26N2O3S/c1-25(2)27(24(31)32,29-22(30)17-23(29)33-25)21-16-10-9-15-20(21)26(28,18-11-5-3-6-12-18)19-13-7-4-8-14-19/h3-16,23H,17,28H2,1-2H3,(H,31,32)/t23-,27-/m1/s1. The van der Waals surface area contributed by atoms with Crippen LogP contribution in [0.3, 0.4) is 0 Å². The van der Waals surface area contributed by atoms with Gasteiger partial charge in [0.25, 0.3) is 0 Å². The second-order valence-corrected chi connectivity index (χ2v) is 11.0. The molecule has 0 aromatic heterocycles. The van der Waals surface area contributed by atoms with Crippen molar-refractivity contribution in [2.45, 2.75) is 41.5 Å². The van der Waals surface area contributed by atoms with E-state index in [2.05, 4.69) is 0 Å². The van der Waals surface area contributed by atoms with E-state index >= 15 is 0 Å². The summed E-state index contributed by atoms with van der Waals surface area (Å²) >= 11 is 1.55. The number of carbonyl (C=O) groups excluding carboxylic acids is 1. The molecule has 0 bridgehead atoms. The first kappa shape index (κ1) is 21.7. The smallest absolute Gasteiger partial charge is 0.335 e. The Labute approximate surface area is 197 Å². The maximum absolute atomic E-state index is 13.2. The minimum atomic E-state index is -1.54. The zero-order valence-corrected chi connectivity index (χ0v) is 19.4. The number of benzene rings is 3. The molecule has 0 radical (unpaired) electrons. The average Bonchev–Trinajstić information content (AvgIpc) is 3.02. The third-order valence-corrected chi connectivity index (χ3v) is 8.61. The summed E-state index contributed by atoms with van der Waals surface area (Å²) in [7, 11) is 0. The van der Waals surface area contributed by atoms with Crippen molar-refractivity contribution in [3.63, 3.8) is 0 Å². The molecule has 5 rings (SSSR count). The number of hydrogen-bond donors (Lipinski definition) is 2. The van der Waals surface area contributed by atoms with Crippen LogP contribution in [0.5, 0.6) is 0 Å².